The normalized spacial score (nSPS) is 11.0. The van der Waals surface area contributed by atoms with Gasteiger partial charge in [-0.2, -0.15) is 0 Å². The van der Waals surface area contributed by atoms with Crippen molar-refractivity contribution in [2.24, 2.45) is 0 Å². The number of para-hydroxylation sites is 4. The summed E-state index contributed by atoms with van der Waals surface area (Å²) in [6, 6.07) is 55.4. The molecule has 0 unspecified atom stereocenters. The second kappa shape index (κ2) is 12.0. The van der Waals surface area contributed by atoms with Crippen LogP contribution < -0.4 is 14.5 Å². The minimum atomic E-state index is -1.94. The Labute approximate surface area is 256 Å². The first-order valence-corrected chi connectivity index (χ1v) is 14.5. The lowest BCUT2D eigenvalue weighted by molar-refractivity contribution is 0.288. The van der Waals surface area contributed by atoms with Gasteiger partial charge in [-0.15, -0.1) is 0 Å². The largest absolute Gasteiger partial charge is 0.707 e. The van der Waals surface area contributed by atoms with E-state index in [0.29, 0.717) is 5.75 Å². The monoisotopic (exact) mass is 572 g/mol. The first-order chi connectivity index (χ1) is 21.7. The molecule has 5 nitrogen and oxygen atoms in total. The molecule has 0 amide bonds. The Bertz CT molecular complexity index is 1940. The van der Waals surface area contributed by atoms with E-state index in [4.69, 9.17) is 4.65 Å². The van der Waals surface area contributed by atoms with Crippen LogP contribution in [0.15, 0.2) is 164 Å². The summed E-state index contributed by atoms with van der Waals surface area (Å²) in [7, 11) is -1.94. The van der Waals surface area contributed by atoms with Crippen molar-refractivity contribution < 1.29 is 14.7 Å². The lowest BCUT2D eigenvalue weighted by Gasteiger charge is -2.33. The fourth-order valence-corrected chi connectivity index (χ4v) is 5.91. The summed E-state index contributed by atoms with van der Waals surface area (Å²) in [5.41, 5.74) is 5.99. The fraction of sp³-hybridized carbons (Fsp3) is 0. The Morgan fingerprint density at radius 2 is 0.727 bits per heavy atom. The van der Waals surface area contributed by atoms with Crippen LogP contribution in [0.25, 0.3) is 21.5 Å². The van der Waals surface area contributed by atoms with E-state index in [1.807, 2.05) is 84.9 Å². The standard InChI is InChI=1S/C38H29BN2O3/c42-39(43)44-32-25-26-35-36(27-32)38(41(30-19-9-3-10-20-30)31-21-11-4-12-22-31)34-24-14-13-23-33(34)37(35)40(28-15-5-1-6-16-28)29-17-7-2-8-18-29/h1-27,42-43H. The molecule has 7 aromatic rings. The maximum atomic E-state index is 9.74. The highest BCUT2D eigenvalue weighted by atomic mass is 16.6. The van der Waals surface area contributed by atoms with Crippen LogP contribution in [0.4, 0.5) is 34.1 Å². The van der Waals surface area contributed by atoms with Gasteiger partial charge < -0.3 is 24.5 Å². The predicted octanol–water partition coefficient (Wildman–Crippen LogP) is 9.28. The molecule has 7 aromatic carbocycles. The summed E-state index contributed by atoms with van der Waals surface area (Å²) in [5, 5.41) is 23.4. The van der Waals surface area contributed by atoms with Crippen molar-refractivity contribution in [1.29, 1.82) is 0 Å². The molecule has 0 aliphatic rings. The third kappa shape index (κ3) is 5.13. The molecule has 0 atom stereocenters. The molecule has 0 radical (unpaired) electrons. The molecule has 0 saturated heterocycles. The number of hydrogen-bond donors (Lipinski definition) is 2. The topological polar surface area (TPSA) is 56.2 Å². The minimum absolute atomic E-state index is 0.349. The second-order valence-corrected chi connectivity index (χ2v) is 10.4. The van der Waals surface area contributed by atoms with Crippen LogP contribution >= 0.6 is 0 Å². The van der Waals surface area contributed by atoms with E-state index < -0.39 is 7.32 Å². The van der Waals surface area contributed by atoms with Crippen LogP contribution in [-0.4, -0.2) is 17.4 Å². The number of benzene rings is 7. The maximum absolute atomic E-state index is 9.74. The molecule has 0 fully saturated rings. The van der Waals surface area contributed by atoms with E-state index >= 15 is 0 Å². The maximum Gasteiger partial charge on any atom is 0.707 e. The number of anilines is 6. The van der Waals surface area contributed by atoms with E-state index in [-0.39, 0.29) is 0 Å². The Balaban J connectivity index is 1.64. The van der Waals surface area contributed by atoms with Gasteiger partial charge in [-0.1, -0.05) is 97.1 Å². The predicted molar refractivity (Wildman–Crippen MR) is 182 cm³/mol. The van der Waals surface area contributed by atoms with Gasteiger partial charge in [-0.25, -0.2) is 0 Å². The lowest BCUT2D eigenvalue weighted by atomic mass is 9.95. The van der Waals surface area contributed by atoms with Gasteiger partial charge in [0.25, 0.3) is 0 Å². The summed E-state index contributed by atoms with van der Waals surface area (Å²) in [5.74, 6) is 0.349. The van der Waals surface area contributed by atoms with Crippen LogP contribution in [0.1, 0.15) is 0 Å². The van der Waals surface area contributed by atoms with Gasteiger partial charge in [-0.05, 0) is 66.7 Å². The molecule has 44 heavy (non-hydrogen) atoms. The fourth-order valence-electron chi connectivity index (χ4n) is 5.91. The van der Waals surface area contributed by atoms with Crippen molar-refractivity contribution in [3.63, 3.8) is 0 Å². The van der Waals surface area contributed by atoms with E-state index in [1.165, 1.54) is 0 Å². The zero-order valence-electron chi connectivity index (χ0n) is 23.9. The Morgan fingerprint density at radius 1 is 0.386 bits per heavy atom. The highest BCUT2D eigenvalue weighted by molar-refractivity contribution is 6.34. The summed E-state index contributed by atoms with van der Waals surface area (Å²) in [6.45, 7) is 0. The van der Waals surface area contributed by atoms with Crippen molar-refractivity contribution in [1.82, 2.24) is 0 Å². The summed E-state index contributed by atoms with van der Waals surface area (Å²) in [4.78, 5) is 4.54. The van der Waals surface area contributed by atoms with E-state index in [9.17, 15) is 10.0 Å². The molecule has 212 valence electrons. The van der Waals surface area contributed by atoms with Crippen LogP contribution in [-0.2, 0) is 0 Å². The highest BCUT2D eigenvalue weighted by Crippen LogP contribution is 2.51. The quantitative estimate of drug-likeness (QED) is 0.108. The molecule has 0 saturated carbocycles. The Kier molecular flexibility index (Phi) is 7.43. The van der Waals surface area contributed by atoms with Gasteiger partial charge in [0.15, 0.2) is 0 Å². The van der Waals surface area contributed by atoms with Crippen LogP contribution in [0, 0.1) is 0 Å². The van der Waals surface area contributed by atoms with Gasteiger partial charge in [0.2, 0.25) is 0 Å². The number of nitrogens with zero attached hydrogens (tertiary/aromatic N) is 2. The highest BCUT2D eigenvalue weighted by Gasteiger charge is 2.26. The molecule has 0 heterocycles. The third-order valence-electron chi connectivity index (χ3n) is 7.68. The Hall–Kier alpha value is -5.56. The van der Waals surface area contributed by atoms with Gasteiger partial charge >= 0.3 is 7.32 Å². The van der Waals surface area contributed by atoms with Crippen molar-refractivity contribution in [2.75, 3.05) is 9.80 Å². The smallest absolute Gasteiger partial charge is 0.512 e. The summed E-state index contributed by atoms with van der Waals surface area (Å²) >= 11 is 0. The minimum Gasteiger partial charge on any atom is -0.512 e. The number of rotatable bonds is 8. The van der Waals surface area contributed by atoms with E-state index in [1.54, 1.807) is 6.07 Å². The molecule has 0 aliphatic heterocycles. The molecule has 0 spiro atoms. The molecule has 7 rings (SSSR count). The Morgan fingerprint density at radius 3 is 1.11 bits per heavy atom. The molecule has 6 heteroatoms. The van der Waals surface area contributed by atoms with Crippen LogP contribution in [0.2, 0.25) is 0 Å². The average molecular weight is 572 g/mol. The third-order valence-corrected chi connectivity index (χ3v) is 7.68. The first-order valence-electron chi connectivity index (χ1n) is 14.5. The van der Waals surface area contributed by atoms with Gasteiger partial charge in [0.1, 0.15) is 5.75 Å². The van der Waals surface area contributed by atoms with Crippen molar-refractivity contribution >= 4 is 63.0 Å². The van der Waals surface area contributed by atoms with Gasteiger partial charge in [0, 0.05) is 44.3 Å². The van der Waals surface area contributed by atoms with Crippen LogP contribution in [0.5, 0.6) is 5.75 Å². The second-order valence-electron chi connectivity index (χ2n) is 10.4. The lowest BCUT2D eigenvalue weighted by Crippen LogP contribution is -2.20. The van der Waals surface area contributed by atoms with Crippen molar-refractivity contribution in [3.05, 3.63) is 164 Å². The van der Waals surface area contributed by atoms with E-state index in [0.717, 1.165) is 55.7 Å². The number of fused-ring (bicyclic) bond motifs is 2. The van der Waals surface area contributed by atoms with Crippen molar-refractivity contribution in [3.8, 4) is 5.75 Å². The van der Waals surface area contributed by atoms with Gasteiger partial charge in [0.05, 0.1) is 11.4 Å². The number of hydrogen-bond acceptors (Lipinski definition) is 5. The van der Waals surface area contributed by atoms with Crippen LogP contribution in [0.3, 0.4) is 0 Å². The average Bonchev–Trinajstić information content (AvgIpc) is 3.07. The molecular formula is C38H29BN2O3. The summed E-state index contributed by atoms with van der Waals surface area (Å²) < 4.78 is 5.43. The van der Waals surface area contributed by atoms with Crippen molar-refractivity contribution in [2.45, 2.75) is 0 Å². The van der Waals surface area contributed by atoms with Gasteiger partial charge in [-0.3, -0.25) is 0 Å². The molecule has 0 aromatic heterocycles. The SMILES string of the molecule is OB(O)Oc1ccc2c(N(c3ccccc3)c3ccccc3)c3ccccc3c(N(c3ccccc3)c3ccccc3)c2c1. The molecule has 0 aliphatic carbocycles. The molecule has 2 N–H and O–H groups in total. The zero-order valence-corrected chi connectivity index (χ0v) is 23.9. The zero-order chi connectivity index (χ0) is 29.9. The molecule has 0 bridgehead atoms. The van der Waals surface area contributed by atoms with E-state index in [2.05, 4.69) is 82.6 Å². The first kappa shape index (κ1) is 27.3. The molecular weight excluding hydrogens is 543 g/mol. The summed E-state index contributed by atoms with van der Waals surface area (Å²) in [6.07, 6.45) is 0.